The predicted molar refractivity (Wildman–Crippen MR) is 87.0 cm³/mol. The Morgan fingerprint density at radius 2 is 2.09 bits per heavy atom. The summed E-state index contributed by atoms with van der Waals surface area (Å²) in [6.45, 7) is 3.33. The highest BCUT2D eigenvalue weighted by atomic mass is 16.5. The van der Waals surface area contributed by atoms with Gasteiger partial charge in [-0.3, -0.25) is 4.79 Å². The molecule has 0 saturated heterocycles. The zero-order valence-corrected chi connectivity index (χ0v) is 13.1. The van der Waals surface area contributed by atoms with E-state index in [9.17, 15) is 4.79 Å². The van der Waals surface area contributed by atoms with Crippen LogP contribution in [-0.2, 0) is 22.6 Å². The van der Waals surface area contributed by atoms with Crippen molar-refractivity contribution in [2.45, 2.75) is 26.4 Å². The fourth-order valence-corrected chi connectivity index (χ4v) is 2.32. The summed E-state index contributed by atoms with van der Waals surface area (Å²) in [4.78, 5) is 10.2. The second kappa shape index (κ2) is 8.60. The molecule has 0 atom stereocenters. The summed E-state index contributed by atoms with van der Waals surface area (Å²) in [5, 5.41) is 8.95. The van der Waals surface area contributed by atoms with Gasteiger partial charge in [-0.1, -0.05) is 18.2 Å². The fraction of sp³-hybridized carbons (Fsp3) is 0.263. The molecule has 4 heteroatoms. The van der Waals surface area contributed by atoms with Gasteiger partial charge < -0.3 is 9.47 Å². The highest BCUT2D eigenvalue weighted by Gasteiger charge is 2.02. The van der Waals surface area contributed by atoms with E-state index in [-0.39, 0.29) is 6.61 Å². The van der Waals surface area contributed by atoms with E-state index in [1.807, 2.05) is 49.4 Å². The van der Waals surface area contributed by atoms with Crippen LogP contribution in [0.2, 0.25) is 0 Å². The first-order valence-corrected chi connectivity index (χ1v) is 7.49. The van der Waals surface area contributed by atoms with Crippen molar-refractivity contribution in [3.05, 3.63) is 64.7 Å². The SMILES string of the molecule is Cc1ccc(C#N)cc1CCCOc1cccc(COC=O)c1. The maximum absolute atomic E-state index is 10.2. The van der Waals surface area contributed by atoms with Gasteiger partial charge in [0.25, 0.3) is 6.47 Å². The van der Waals surface area contributed by atoms with E-state index in [0.29, 0.717) is 18.6 Å². The summed E-state index contributed by atoms with van der Waals surface area (Å²) in [7, 11) is 0. The zero-order valence-electron chi connectivity index (χ0n) is 13.1. The summed E-state index contributed by atoms with van der Waals surface area (Å²) in [6, 6.07) is 15.4. The molecule has 0 bridgehead atoms. The minimum atomic E-state index is 0.251. The third-order valence-corrected chi connectivity index (χ3v) is 3.55. The van der Waals surface area contributed by atoms with Crippen LogP contribution in [0.3, 0.4) is 0 Å². The number of ether oxygens (including phenoxy) is 2. The molecule has 23 heavy (non-hydrogen) atoms. The lowest BCUT2D eigenvalue weighted by Crippen LogP contribution is -2.01. The van der Waals surface area contributed by atoms with Crippen LogP contribution < -0.4 is 4.74 Å². The Morgan fingerprint density at radius 1 is 1.22 bits per heavy atom. The van der Waals surface area contributed by atoms with E-state index in [2.05, 4.69) is 6.07 Å². The van der Waals surface area contributed by atoms with Gasteiger partial charge >= 0.3 is 0 Å². The Bertz CT molecular complexity index is 704. The van der Waals surface area contributed by atoms with Crippen molar-refractivity contribution in [1.82, 2.24) is 0 Å². The van der Waals surface area contributed by atoms with E-state index < -0.39 is 0 Å². The van der Waals surface area contributed by atoms with Crippen LogP contribution in [0.4, 0.5) is 0 Å². The first kappa shape index (κ1) is 16.6. The quantitative estimate of drug-likeness (QED) is 0.552. The molecule has 2 aromatic carbocycles. The molecule has 2 rings (SSSR count). The van der Waals surface area contributed by atoms with E-state index >= 15 is 0 Å². The van der Waals surface area contributed by atoms with Crippen molar-refractivity contribution >= 4 is 6.47 Å². The van der Waals surface area contributed by atoms with Crippen molar-refractivity contribution in [3.8, 4) is 11.8 Å². The molecule has 2 aromatic rings. The van der Waals surface area contributed by atoms with Gasteiger partial charge in [0.1, 0.15) is 12.4 Å². The summed E-state index contributed by atoms with van der Waals surface area (Å²) in [5.74, 6) is 0.763. The molecule has 0 spiro atoms. The standard InChI is InChI=1S/C19H19NO3/c1-15-7-8-16(12-20)10-18(15)5-3-9-23-19-6-2-4-17(11-19)13-22-14-21/h2,4,6-8,10-11,14H,3,5,9,13H2,1H3. The second-order valence-corrected chi connectivity index (χ2v) is 5.26. The second-order valence-electron chi connectivity index (χ2n) is 5.26. The van der Waals surface area contributed by atoms with Crippen molar-refractivity contribution in [2.24, 2.45) is 0 Å². The van der Waals surface area contributed by atoms with Crippen molar-refractivity contribution in [3.63, 3.8) is 0 Å². The molecular weight excluding hydrogens is 290 g/mol. The Kier molecular flexibility index (Phi) is 6.19. The van der Waals surface area contributed by atoms with Crippen LogP contribution in [-0.4, -0.2) is 13.1 Å². The molecule has 4 nitrogen and oxygen atoms in total. The Hall–Kier alpha value is -2.80. The molecule has 0 fully saturated rings. The zero-order chi connectivity index (χ0) is 16.5. The van der Waals surface area contributed by atoms with Crippen LogP contribution in [0.25, 0.3) is 0 Å². The average Bonchev–Trinajstić information content (AvgIpc) is 2.58. The molecular formula is C19H19NO3. The first-order chi connectivity index (χ1) is 11.2. The van der Waals surface area contributed by atoms with Crippen LogP contribution >= 0.6 is 0 Å². The van der Waals surface area contributed by atoms with Crippen LogP contribution in [0.1, 0.15) is 28.7 Å². The predicted octanol–water partition coefficient (Wildman–Crippen LogP) is 3.55. The minimum absolute atomic E-state index is 0.251. The Morgan fingerprint density at radius 3 is 2.87 bits per heavy atom. The fourth-order valence-electron chi connectivity index (χ4n) is 2.32. The van der Waals surface area contributed by atoms with Gasteiger partial charge in [-0.2, -0.15) is 5.26 Å². The normalized spacial score (nSPS) is 9.91. The molecule has 0 aliphatic heterocycles. The third kappa shape index (κ3) is 5.15. The van der Waals surface area contributed by atoms with Crippen molar-refractivity contribution in [2.75, 3.05) is 6.61 Å². The van der Waals surface area contributed by atoms with Gasteiger partial charge in [-0.05, 0) is 60.7 Å². The number of nitriles is 1. The van der Waals surface area contributed by atoms with E-state index in [4.69, 9.17) is 14.7 Å². The summed E-state index contributed by atoms with van der Waals surface area (Å²) < 4.78 is 10.5. The number of hydrogen-bond acceptors (Lipinski definition) is 4. The molecule has 0 unspecified atom stereocenters. The lowest BCUT2D eigenvalue weighted by atomic mass is 10.0. The highest BCUT2D eigenvalue weighted by Crippen LogP contribution is 2.16. The average molecular weight is 309 g/mol. The number of aryl methyl sites for hydroxylation is 2. The molecule has 0 aliphatic rings. The molecule has 0 N–H and O–H groups in total. The lowest BCUT2D eigenvalue weighted by molar-refractivity contribution is -0.129. The van der Waals surface area contributed by atoms with Gasteiger partial charge in [0.2, 0.25) is 0 Å². The maximum Gasteiger partial charge on any atom is 0.293 e. The molecule has 0 amide bonds. The number of rotatable bonds is 8. The van der Waals surface area contributed by atoms with E-state index in [1.54, 1.807) is 0 Å². The van der Waals surface area contributed by atoms with Gasteiger partial charge in [0.05, 0.1) is 18.2 Å². The largest absolute Gasteiger partial charge is 0.494 e. The Balaban J connectivity index is 1.84. The molecule has 0 saturated carbocycles. The maximum atomic E-state index is 10.2. The topological polar surface area (TPSA) is 59.3 Å². The first-order valence-electron chi connectivity index (χ1n) is 7.49. The molecule has 0 aliphatic carbocycles. The van der Waals surface area contributed by atoms with Gasteiger partial charge in [0.15, 0.2) is 0 Å². The minimum Gasteiger partial charge on any atom is -0.494 e. The number of carbonyl (C=O) groups excluding carboxylic acids is 1. The van der Waals surface area contributed by atoms with E-state index in [0.717, 1.165) is 24.2 Å². The summed E-state index contributed by atoms with van der Waals surface area (Å²) in [6.07, 6.45) is 1.74. The van der Waals surface area contributed by atoms with Crippen LogP contribution in [0.15, 0.2) is 42.5 Å². The molecule has 118 valence electrons. The van der Waals surface area contributed by atoms with Crippen molar-refractivity contribution in [1.29, 1.82) is 5.26 Å². The number of nitrogens with zero attached hydrogens (tertiary/aromatic N) is 1. The molecule has 0 radical (unpaired) electrons. The summed E-state index contributed by atoms with van der Waals surface area (Å²) in [5.41, 5.74) is 3.96. The van der Waals surface area contributed by atoms with Crippen molar-refractivity contribution < 1.29 is 14.3 Å². The van der Waals surface area contributed by atoms with E-state index in [1.165, 1.54) is 11.1 Å². The Labute approximate surface area is 136 Å². The van der Waals surface area contributed by atoms with Gasteiger partial charge in [-0.25, -0.2) is 0 Å². The highest BCUT2D eigenvalue weighted by molar-refractivity contribution is 5.38. The van der Waals surface area contributed by atoms with Crippen LogP contribution in [0, 0.1) is 18.3 Å². The third-order valence-electron chi connectivity index (χ3n) is 3.55. The molecule has 0 aromatic heterocycles. The number of carbonyl (C=O) groups is 1. The van der Waals surface area contributed by atoms with Gasteiger partial charge in [0, 0.05) is 0 Å². The smallest absolute Gasteiger partial charge is 0.293 e. The summed E-state index contributed by atoms with van der Waals surface area (Å²) >= 11 is 0. The van der Waals surface area contributed by atoms with Crippen LogP contribution in [0.5, 0.6) is 5.75 Å². The van der Waals surface area contributed by atoms with Gasteiger partial charge in [-0.15, -0.1) is 0 Å². The number of hydrogen-bond donors (Lipinski definition) is 0. The number of benzene rings is 2. The lowest BCUT2D eigenvalue weighted by Gasteiger charge is -2.09. The monoisotopic (exact) mass is 309 g/mol. The molecule has 0 heterocycles.